The Balaban J connectivity index is 5.66. The molecule has 0 aromatic heterocycles. The SMILES string of the molecule is C/C=C(\C)[C@H](O[Si](C)(C)C(C)(C)C)[C@H](C)[C@H](O)C(C)(C)C(=O)OCC. The highest BCUT2D eigenvalue weighted by Gasteiger charge is 2.46. The molecule has 0 unspecified atom stereocenters. The summed E-state index contributed by atoms with van der Waals surface area (Å²) in [6.45, 7) is 22.5. The van der Waals surface area contributed by atoms with Gasteiger partial charge in [0.2, 0.25) is 0 Å². The molecule has 0 aliphatic rings. The van der Waals surface area contributed by atoms with Gasteiger partial charge in [0.25, 0.3) is 0 Å². The van der Waals surface area contributed by atoms with E-state index in [0.717, 1.165) is 5.57 Å². The number of carbonyl (C=O) groups is 1. The first-order valence-corrected chi connectivity index (χ1v) is 12.2. The molecule has 148 valence electrons. The second-order valence-electron chi connectivity index (χ2n) is 9.08. The number of hydrogen-bond donors (Lipinski definition) is 1. The Labute approximate surface area is 156 Å². The molecule has 25 heavy (non-hydrogen) atoms. The van der Waals surface area contributed by atoms with Crippen LogP contribution >= 0.6 is 0 Å². The fourth-order valence-electron chi connectivity index (χ4n) is 2.53. The number of allylic oxidation sites excluding steroid dienone is 1. The van der Waals surface area contributed by atoms with Gasteiger partial charge in [-0.05, 0) is 58.3 Å². The summed E-state index contributed by atoms with van der Waals surface area (Å²) in [6, 6.07) is 0. The van der Waals surface area contributed by atoms with Gasteiger partial charge in [-0.25, -0.2) is 0 Å². The fraction of sp³-hybridized carbons (Fsp3) is 0.850. The van der Waals surface area contributed by atoms with E-state index in [1.54, 1.807) is 20.8 Å². The van der Waals surface area contributed by atoms with Crippen molar-refractivity contribution in [3.8, 4) is 0 Å². The predicted molar refractivity (Wildman–Crippen MR) is 107 cm³/mol. The van der Waals surface area contributed by atoms with Crippen molar-refractivity contribution >= 4 is 14.3 Å². The quantitative estimate of drug-likeness (QED) is 0.373. The van der Waals surface area contributed by atoms with Crippen molar-refractivity contribution in [2.75, 3.05) is 6.61 Å². The maximum absolute atomic E-state index is 12.3. The van der Waals surface area contributed by atoms with E-state index in [2.05, 4.69) is 33.9 Å². The zero-order valence-electron chi connectivity index (χ0n) is 18.2. The molecule has 3 atom stereocenters. The summed E-state index contributed by atoms with van der Waals surface area (Å²) >= 11 is 0. The molecule has 0 fully saturated rings. The van der Waals surface area contributed by atoms with Crippen LogP contribution in [0, 0.1) is 11.3 Å². The Morgan fingerprint density at radius 3 is 2.04 bits per heavy atom. The second-order valence-corrected chi connectivity index (χ2v) is 13.8. The summed E-state index contributed by atoms with van der Waals surface area (Å²) in [7, 11) is -2.03. The Hall–Kier alpha value is -0.653. The second kappa shape index (κ2) is 8.83. The first kappa shape index (κ1) is 24.3. The first-order valence-electron chi connectivity index (χ1n) is 9.29. The fourth-order valence-corrected chi connectivity index (χ4v) is 3.92. The average molecular weight is 373 g/mol. The highest BCUT2D eigenvalue weighted by Crippen LogP contribution is 2.40. The molecule has 0 radical (unpaired) electrons. The summed E-state index contributed by atoms with van der Waals surface area (Å²) in [5, 5.41) is 11.0. The average Bonchev–Trinajstić information content (AvgIpc) is 2.49. The molecule has 0 amide bonds. The van der Waals surface area contributed by atoms with Crippen LogP contribution in [-0.2, 0) is 14.0 Å². The van der Waals surface area contributed by atoms with Crippen molar-refractivity contribution in [1.82, 2.24) is 0 Å². The van der Waals surface area contributed by atoms with Crippen molar-refractivity contribution < 1.29 is 19.1 Å². The largest absolute Gasteiger partial charge is 0.466 e. The zero-order chi connectivity index (χ0) is 20.2. The van der Waals surface area contributed by atoms with Crippen LogP contribution < -0.4 is 0 Å². The van der Waals surface area contributed by atoms with E-state index in [4.69, 9.17) is 9.16 Å². The van der Waals surface area contributed by atoms with E-state index < -0.39 is 19.8 Å². The molecule has 1 N–H and O–H groups in total. The van der Waals surface area contributed by atoms with E-state index in [1.165, 1.54) is 0 Å². The number of rotatable bonds is 8. The van der Waals surface area contributed by atoms with Gasteiger partial charge in [0, 0.05) is 5.92 Å². The predicted octanol–water partition coefficient (Wildman–Crippen LogP) is 4.93. The van der Waals surface area contributed by atoms with Gasteiger partial charge in [0.05, 0.1) is 24.2 Å². The monoisotopic (exact) mass is 372 g/mol. The number of hydrogen-bond acceptors (Lipinski definition) is 4. The van der Waals surface area contributed by atoms with E-state index in [-0.39, 0.29) is 23.0 Å². The molecule has 0 spiro atoms. The molecule has 0 saturated heterocycles. The minimum atomic E-state index is -2.03. The molecule has 0 aliphatic heterocycles. The van der Waals surface area contributed by atoms with Crippen molar-refractivity contribution in [2.24, 2.45) is 11.3 Å². The van der Waals surface area contributed by atoms with Gasteiger partial charge in [-0.1, -0.05) is 33.8 Å². The molecular formula is C20H40O4Si. The number of aliphatic hydroxyl groups excluding tert-OH is 1. The van der Waals surface area contributed by atoms with Crippen molar-refractivity contribution in [3.05, 3.63) is 11.6 Å². The molecule has 0 saturated carbocycles. The summed E-state index contributed by atoms with van der Waals surface area (Å²) in [5.74, 6) is -0.608. The molecule has 0 aliphatic carbocycles. The van der Waals surface area contributed by atoms with Crippen LogP contribution in [0.1, 0.15) is 62.3 Å². The highest BCUT2D eigenvalue weighted by atomic mass is 28.4. The van der Waals surface area contributed by atoms with E-state index in [9.17, 15) is 9.90 Å². The van der Waals surface area contributed by atoms with Crippen LogP contribution in [0.4, 0.5) is 0 Å². The third-order valence-electron chi connectivity index (χ3n) is 5.65. The summed E-state index contributed by atoms with van der Waals surface area (Å²) in [6.07, 6.45) is 0.934. The molecule has 0 aromatic carbocycles. The lowest BCUT2D eigenvalue weighted by Crippen LogP contribution is -2.51. The lowest BCUT2D eigenvalue weighted by atomic mass is 9.77. The lowest BCUT2D eigenvalue weighted by Gasteiger charge is -2.43. The molecule has 0 heterocycles. The Kier molecular flexibility index (Phi) is 8.59. The first-order chi connectivity index (χ1) is 11.1. The van der Waals surface area contributed by atoms with Gasteiger partial charge in [-0.15, -0.1) is 0 Å². The molecule has 0 bridgehead atoms. The van der Waals surface area contributed by atoms with Crippen molar-refractivity contribution in [3.63, 3.8) is 0 Å². The van der Waals surface area contributed by atoms with Crippen molar-refractivity contribution in [1.29, 1.82) is 0 Å². The number of carbonyl (C=O) groups excluding carboxylic acids is 1. The van der Waals surface area contributed by atoms with Crippen LogP contribution in [0.3, 0.4) is 0 Å². The molecule has 4 nitrogen and oxygen atoms in total. The van der Waals surface area contributed by atoms with Gasteiger partial charge >= 0.3 is 5.97 Å². The standard InChI is InChI=1S/C20H40O4Si/c1-12-14(3)16(24-25(10,11)19(5,6)7)15(4)17(21)20(8,9)18(22)23-13-2/h12,15-17,21H,13H2,1-11H3/b14-12+/t15-,16-,17-/m0/s1. The molecule has 0 rings (SSSR count). The number of ether oxygens (including phenoxy) is 1. The number of aliphatic hydroxyl groups is 1. The third-order valence-corrected chi connectivity index (χ3v) is 10.1. The van der Waals surface area contributed by atoms with E-state index in [0.29, 0.717) is 6.61 Å². The highest BCUT2D eigenvalue weighted by molar-refractivity contribution is 6.74. The minimum Gasteiger partial charge on any atom is -0.466 e. The van der Waals surface area contributed by atoms with E-state index in [1.807, 2.05) is 26.8 Å². The van der Waals surface area contributed by atoms with Crippen LogP contribution in [-0.4, -0.2) is 38.2 Å². The van der Waals surface area contributed by atoms with Gasteiger partial charge in [0.1, 0.15) is 0 Å². The smallest absolute Gasteiger partial charge is 0.314 e. The molecule has 5 heteroatoms. The lowest BCUT2D eigenvalue weighted by molar-refractivity contribution is -0.163. The minimum absolute atomic E-state index is 0.0700. The van der Waals surface area contributed by atoms with Gasteiger partial charge < -0.3 is 14.3 Å². The summed E-state index contributed by atoms with van der Waals surface area (Å²) in [4.78, 5) is 12.3. The number of esters is 1. The van der Waals surface area contributed by atoms with Gasteiger partial charge in [-0.2, -0.15) is 0 Å². The van der Waals surface area contributed by atoms with Crippen LogP contribution in [0.5, 0.6) is 0 Å². The summed E-state index contributed by atoms with van der Waals surface area (Å²) < 4.78 is 11.8. The zero-order valence-corrected chi connectivity index (χ0v) is 19.2. The summed E-state index contributed by atoms with van der Waals surface area (Å²) in [5.41, 5.74) is 0.0921. The Morgan fingerprint density at radius 1 is 1.20 bits per heavy atom. The van der Waals surface area contributed by atoms with Crippen molar-refractivity contribution in [2.45, 2.75) is 92.7 Å². The Morgan fingerprint density at radius 2 is 1.68 bits per heavy atom. The van der Waals surface area contributed by atoms with Crippen LogP contribution in [0.15, 0.2) is 11.6 Å². The van der Waals surface area contributed by atoms with Gasteiger partial charge in [0.15, 0.2) is 8.32 Å². The van der Waals surface area contributed by atoms with Crippen LogP contribution in [0.2, 0.25) is 18.1 Å². The molecular weight excluding hydrogens is 332 g/mol. The third kappa shape index (κ3) is 5.93. The molecule has 0 aromatic rings. The van der Waals surface area contributed by atoms with Gasteiger partial charge in [-0.3, -0.25) is 4.79 Å². The Bertz CT molecular complexity index is 475. The van der Waals surface area contributed by atoms with E-state index >= 15 is 0 Å². The topological polar surface area (TPSA) is 55.8 Å². The normalized spacial score (nSPS) is 17.8. The van der Waals surface area contributed by atoms with Crippen LogP contribution in [0.25, 0.3) is 0 Å². The maximum Gasteiger partial charge on any atom is 0.314 e. The maximum atomic E-state index is 12.3.